The second kappa shape index (κ2) is 11.0. The summed E-state index contributed by atoms with van der Waals surface area (Å²) in [6.45, 7) is 5.98. The average molecular weight is 506 g/mol. The molecule has 1 heterocycles. The van der Waals surface area contributed by atoms with Crippen molar-refractivity contribution in [2.45, 2.75) is 32.0 Å². The van der Waals surface area contributed by atoms with E-state index in [4.69, 9.17) is 23.2 Å². The highest BCUT2D eigenvalue weighted by Crippen LogP contribution is 2.27. The highest BCUT2D eigenvalue weighted by molar-refractivity contribution is 7.99. The van der Waals surface area contributed by atoms with Gasteiger partial charge >= 0.3 is 0 Å². The Bertz CT molecular complexity index is 1150. The summed E-state index contributed by atoms with van der Waals surface area (Å²) in [4.78, 5) is 25.1. The fourth-order valence-electron chi connectivity index (χ4n) is 3.09. The number of hydrogen-bond acceptors (Lipinski definition) is 5. The van der Waals surface area contributed by atoms with E-state index in [2.05, 4.69) is 20.8 Å². The molecule has 0 aliphatic carbocycles. The lowest BCUT2D eigenvalue weighted by molar-refractivity contribution is -0.113. The van der Waals surface area contributed by atoms with Crippen LogP contribution < -0.4 is 10.6 Å². The van der Waals surface area contributed by atoms with Crippen LogP contribution in [0, 0.1) is 12.8 Å². The second-order valence-electron chi connectivity index (χ2n) is 7.92. The molecule has 0 saturated heterocycles. The number of aryl methyl sites for hydroxylation is 1. The zero-order valence-corrected chi connectivity index (χ0v) is 21.1. The maximum Gasteiger partial charge on any atom is 0.251 e. The summed E-state index contributed by atoms with van der Waals surface area (Å²) in [7, 11) is 1.82. The fourth-order valence-corrected chi connectivity index (χ4v) is 4.26. The Morgan fingerprint density at radius 3 is 2.42 bits per heavy atom. The zero-order chi connectivity index (χ0) is 24.1. The van der Waals surface area contributed by atoms with Gasteiger partial charge in [-0.05, 0) is 43.2 Å². The predicted octanol–water partition coefficient (Wildman–Crippen LogP) is 5.29. The highest BCUT2D eigenvalue weighted by Gasteiger charge is 2.25. The van der Waals surface area contributed by atoms with Crippen LogP contribution in [0.25, 0.3) is 0 Å². The van der Waals surface area contributed by atoms with Crippen molar-refractivity contribution in [2.24, 2.45) is 13.0 Å². The molecule has 1 aromatic heterocycles. The highest BCUT2D eigenvalue weighted by atomic mass is 35.5. The average Bonchev–Trinajstić information content (AvgIpc) is 3.12. The third-order valence-electron chi connectivity index (χ3n) is 4.95. The number of nitrogens with zero attached hydrogens (tertiary/aromatic N) is 3. The van der Waals surface area contributed by atoms with E-state index in [9.17, 15) is 9.59 Å². The summed E-state index contributed by atoms with van der Waals surface area (Å²) in [6, 6.07) is 11.9. The van der Waals surface area contributed by atoms with Gasteiger partial charge in [0.15, 0.2) is 11.0 Å². The summed E-state index contributed by atoms with van der Waals surface area (Å²) >= 11 is 13.2. The number of amides is 2. The van der Waals surface area contributed by atoms with Crippen LogP contribution in [0.2, 0.25) is 10.0 Å². The zero-order valence-electron chi connectivity index (χ0n) is 18.7. The molecule has 7 nitrogen and oxygen atoms in total. The number of thioether (sulfide) groups is 1. The van der Waals surface area contributed by atoms with Gasteiger partial charge in [0.25, 0.3) is 5.91 Å². The first kappa shape index (κ1) is 25.1. The van der Waals surface area contributed by atoms with E-state index in [1.165, 1.54) is 11.8 Å². The predicted molar refractivity (Wildman–Crippen MR) is 133 cm³/mol. The number of halogens is 2. The van der Waals surface area contributed by atoms with Crippen LogP contribution in [-0.4, -0.2) is 32.3 Å². The van der Waals surface area contributed by atoms with Gasteiger partial charge in [0.2, 0.25) is 5.91 Å². The molecule has 2 N–H and O–H groups in total. The Morgan fingerprint density at radius 1 is 1.09 bits per heavy atom. The summed E-state index contributed by atoms with van der Waals surface area (Å²) in [5, 5.41) is 15.8. The van der Waals surface area contributed by atoms with Crippen molar-refractivity contribution in [3.05, 3.63) is 69.5 Å². The van der Waals surface area contributed by atoms with E-state index in [0.29, 0.717) is 32.3 Å². The lowest BCUT2D eigenvalue weighted by Gasteiger charge is -2.21. The molecule has 0 unspecified atom stereocenters. The monoisotopic (exact) mass is 505 g/mol. The topological polar surface area (TPSA) is 88.9 Å². The van der Waals surface area contributed by atoms with Crippen LogP contribution in [0.1, 0.15) is 41.6 Å². The molecule has 2 amide bonds. The molecule has 0 aliphatic heterocycles. The summed E-state index contributed by atoms with van der Waals surface area (Å²) in [5.41, 5.74) is 2.16. The number of nitrogens with one attached hydrogen (secondary N) is 2. The van der Waals surface area contributed by atoms with Gasteiger partial charge < -0.3 is 15.2 Å². The molecule has 3 aromatic rings. The summed E-state index contributed by atoms with van der Waals surface area (Å²) in [5.74, 6) is 0.407. The molecular weight excluding hydrogens is 481 g/mol. The van der Waals surface area contributed by atoms with Gasteiger partial charge in [0, 0.05) is 17.6 Å². The Kier molecular flexibility index (Phi) is 8.40. The summed E-state index contributed by atoms with van der Waals surface area (Å²) < 4.78 is 1.80. The van der Waals surface area contributed by atoms with Crippen LogP contribution in [0.4, 0.5) is 5.69 Å². The number of rotatable bonds is 8. The van der Waals surface area contributed by atoms with Crippen LogP contribution in [0.15, 0.2) is 47.6 Å². The van der Waals surface area contributed by atoms with E-state index in [1.54, 1.807) is 34.9 Å². The van der Waals surface area contributed by atoms with E-state index in [0.717, 1.165) is 5.56 Å². The van der Waals surface area contributed by atoms with Crippen molar-refractivity contribution in [1.29, 1.82) is 0 Å². The van der Waals surface area contributed by atoms with Gasteiger partial charge in [-0.2, -0.15) is 0 Å². The summed E-state index contributed by atoms with van der Waals surface area (Å²) in [6.07, 6.45) is 0. The molecule has 174 valence electrons. The number of carbonyl (C=O) groups is 2. The first-order valence-electron chi connectivity index (χ1n) is 10.3. The van der Waals surface area contributed by atoms with Crippen LogP contribution in [0.3, 0.4) is 0 Å². The third kappa shape index (κ3) is 6.50. The quantitative estimate of drug-likeness (QED) is 0.406. The van der Waals surface area contributed by atoms with Crippen LogP contribution in [0.5, 0.6) is 0 Å². The molecule has 0 radical (unpaired) electrons. The standard InChI is InChI=1S/C23H25Cl2N5O2S/c1-13(2)20(27-22(32)15-7-5-14(3)6-8-15)21-28-29-23(30(21)4)33-12-19(31)26-18-10-9-16(24)11-17(18)25/h5-11,13,20H,12H2,1-4H3,(H,26,31)(H,27,32)/t20-/m1/s1. The molecular formula is C23H25Cl2N5O2S. The molecule has 0 spiro atoms. The fraction of sp³-hybridized carbons (Fsp3) is 0.304. The van der Waals surface area contributed by atoms with Gasteiger partial charge in [0.1, 0.15) is 0 Å². The van der Waals surface area contributed by atoms with Crippen LogP contribution >= 0.6 is 35.0 Å². The van der Waals surface area contributed by atoms with Crippen molar-refractivity contribution >= 4 is 52.5 Å². The lowest BCUT2D eigenvalue weighted by atomic mass is 10.0. The Balaban J connectivity index is 1.66. The third-order valence-corrected chi connectivity index (χ3v) is 6.52. The molecule has 0 bridgehead atoms. The minimum Gasteiger partial charge on any atom is -0.342 e. The van der Waals surface area contributed by atoms with Gasteiger partial charge in [-0.15, -0.1) is 10.2 Å². The minimum atomic E-state index is -0.340. The molecule has 1 atom stereocenters. The van der Waals surface area contributed by atoms with Crippen molar-refractivity contribution < 1.29 is 9.59 Å². The molecule has 10 heteroatoms. The normalized spacial score (nSPS) is 12.0. The van der Waals surface area contributed by atoms with Crippen LogP contribution in [-0.2, 0) is 11.8 Å². The van der Waals surface area contributed by atoms with Gasteiger partial charge in [0.05, 0.1) is 22.5 Å². The number of anilines is 1. The minimum absolute atomic E-state index is 0.0792. The molecule has 0 saturated carbocycles. The Hall–Kier alpha value is -2.55. The maximum atomic E-state index is 12.8. The van der Waals surface area contributed by atoms with E-state index >= 15 is 0 Å². The van der Waals surface area contributed by atoms with E-state index in [1.807, 2.05) is 40.0 Å². The molecule has 33 heavy (non-hydrogen) atoms. The first-order valence-corrected chi connectivity index (χ1v) is 12.0. The van der Waals surface area contributed by atoms with Crippen molar-refractivity contribution in [3.63, 3.8) is 0 Å². The number of aromatic nitrogens is 3. The van der Waals surface area contributed by atoms with Crippen molar-refractivity contribution in [1.82, 2.24) is 20.1 Å². The first-order chi connectivity index (χ1) is 15.7. The van der Waals surface area contributed by atoms with Gasteiger partial charge in [-0.25, -0.2) is 0 Å². The Morgan fingerprint density at radius 2 is 1.79 bits per heavy atom. The Labute approximate surface area is 207 Å². The van der Waals surface area contributed by atoms with E-state index in [-0.39, 0.29) is 29.5 Å². The SMILES string of the molecule is Cc1ccc(C(=O)N[C@@H](c2nnc(SCC(=O)Nc3ccc(Cl)cc3Cl)n2C)C(C)C)cc1. The molecule has 0 aliphatic rings. The van der Waals surface area contributed by atoms with Crippen molar-refractivity contribution in [2.75, 3.05) is 11.1 Å². The molecule has 2 aromatic carbocycles. The lowest BCUT2D eigenvalue weighted by Crippen LogP contribution is -2.33. The smallest absolute Gasteiger partial charge is 0.251 e. The van der Waals surface area contributed by atoms with E-state index < -0.39 is 0 Å². The second-order valence-corrected chi connectivity index (χ2v) is 9.71. The number of carbonyl (C=O) groups excluding carboxylic acids is 2. The molecule has 3 rings (SSSR count). The van der Waals surface area contributed by atoms with Gasteiger partial charge in [-0.1, -0.05) is 66.5 Å². The number of hydrogen-bond donors (Lipinski definition) is 2. The number of benzene rings is 2. The molecule has 0 fully saturated rings. The largest absolute Gasteiger partial charge is 0.342 e. The maximum absolute atomic E-state index is 12.8. The van der Waals surface area contributed by atoms with Gasteiger partial charge in [-0.3, -0.25) is 9.59 Å². The van der Waals surface area contributed by atoms with Crippen molar-refractivity contribution in [3.8, 4) is 0 Å².